The van der Waals surface area contributed by atoms with Gasteiger partial charge in [-0.2, -0.15) is 0 Å². The molecule has 5 rings (SSSR count). The van der Waals surface area contributed by atoms with Gasteiger partial charge in [-0.05, 0) is 84.6 Å². The molecule has 198 valence electrons. The molecule has 0 aliphatic heterocycles. The molecule has 8 heteroatoms. The minimum absolute atomic E-state index is 0.190. The molecule has 0 saturated heterocycles. The maximum Gasteiger partial charge on any atom is 0.345 e. The van der Waals surface area contributed by atoms with Crippen LogP contribution < -0.4 is 9.47 Å². The van der Waals surface area contributed by atoms with E-state index in [0.717, 1.165) is 36.8 Å². The van der Waals surface area contributed by atoms with Gasteiger partial charge in [0.1, 0.15) is 11.5 Å². The van der Waals surface area contributed by atoms with Crippen LogP contribution in [0.4, 0.5) is 0 Å². The zero-order valence-corrected chi connectivity index (χ0v) is 23.6. The second-order valence-electron chi connectivity index (χ2n) is 9.37. The largest absolute Gasteiger partial charge is 0.423 e. The van der Waals surface area contributed by atoms with E-state index in [0.29, 0.717) is 21.5 Å². The summed E-state index contributed by atoms with van der Waals surface area (Å²) in [6, 6.07) is 24.4. The Balaban J connectivity index is 1.32. The molecule has 1 fully saturated rings. The van der Waals surface area contributed by atoms with Crippen LogP contribution in [0.3, 0.4) is 0 Å². The Morgan fingerprint density at radius 2 is 0.949 bits per heavy atom. The summed E-state index contributed by atoms with van der Waals surface area (Å²) in [5.74, 6) is -0.257. The molecule has 0 atom stereocenters. The molecule has 4 aromatic carbocycles. The predicted molar refractivity (Wildman–Crippen MR) is 155 cm³/mol. The van der Waals surface area contributed by atoms with Crippen LogP contribution >= 0.6 is 46.4 Å². The summed E-state index contributed by atoms with van der Waals surface area (Å²) in [5, 5.41) is 1.36. The average molecular weight is 600 g/mol. The maximum absolute atomic E-state index is 12.6. The number of benzene rings is 4. The van der Waals surface area contributed by atoms with E-state index >= 15 is 0 Å². The number of hydrogen-bond donors (Lipinski definition) is 0. The molecule has 0 unspecified atom stereocenters. The molecule has 0 aromatic heterocycles. The van der Waals surface area contributed by atoms with E-state index in [2.05, 4.69) is 0 Å². The Hall–Kier alpha value is -3.02. The molecule has 4 nitrogen and oxygen atoms in total. The summed E-state index contributed by atoms with van der Waals surface area (Å²) in [6.45, 7) is 0. The van der Waals surface area contributed by atoms with E-state index in [1.54, 1.807) is 48.5 Å². The fraction of sp³-hybridized carbons (Fsp3) is 0.161. The molecular formula is C31H22Cl4O4. The number of halogens is 4. The Morgan fingerprint density at radius 3 is 1.31 bits per heavy atom. The van der Waals surface area contributed by atoms with Crippen molar-refractivity contribution in [3.8, 4) is 11.5 Å². The van der Waals surface area contributed by atoms with Crippen LogP contribution in [-0.4, -0.2) is 11.9 Å². The molecule has 0 N–H and O–H groups in total. The molecule has 0 amide bonds. The lowest BCUT2D eigenvalue weighted by molar-refractivity contribution is 0.0725. The van der Waals surface area contributed by atoms with Crippen molar-refractivity contribution in [1.82, 2.24) is 0 Å². The normalized spacial score (nSPS) is 14.2. The molecule has 1 aliphatic rings. The highest BCUT2D eigenvalue weighted by Gasteiger charge is 2.37. The number of esters is 2. The van der Waals surface area contributed by atoms with E-state index in [9.17, 15) is 9.59 Å². The lowest BCUT2D eigenvalue weighted by Crippen LogP contribution is -2.23. The highest BCUT2D eigenvalue weighted by atomic mass is 35.5. The highest BCUT2D eigenvalue weighted by molar-refractivity contribution is 6.37. The Bertz CT molecular complexity index is 1410. The molecule has 0 radical (unpaired) electrons. The molecule has 0 spiro atoms. The molecule has 0 heterocycles. The zero-order chi connectivity index (χ0) is 27.6. The third-order valence-electron chi connectivity index (χ3n) is 6.99. The Labute approximate surface area is 246 Å². The van der Waals surface area contributed by atoms with Crippen molar-refractivity contribution in [3.63, 3.8) is 0 Å². The highest BCUT2D eigenvalue weighted by Crippen LogP contribution is 2.47. The van der Waals surface area contributed by atoms with Crippen molar-refractivity contribution in [3.05, 3.63) is 127 Å². The number of carbonyl (C=O) groups is 2. The lowest BCUT2D eigenvalue weighted by Gasteiger charge is -2.31. The summed E-state index contributed by atoms with van der Waals surface area (Å²) in [7, 11) is 0. The minimum Gasteiger partial charge on any atom is -0.423 e. The quantitative estimate of drug-likeness (QED) is 0.163. The molecule has 0 bridgehead atoms. The number of ether oxygens (including phenoxy) is 2. The fourth-order valence-electron chi connectivity index (χ4n) is 5.04. The summed E-state index contributed by atoms with van der Waals surface area (Å²) in [4.78, 5) is 25.2. The van der Waals surface area contributed by atoms with Crippen LogP contribution in [0.1, 0.15) is 57.5 Å². The van der Waals surface area contributed by atoms with Crippen LogP contribution in [0.5, 0.6) is 11.5 Å². The van der Waals surface area contributed by atoms with Crippen LogP contribution in [0, 0.1) is 0 Å². The summed E-state index contributed by atoms with van der Waals surface area (Å²) in [6.07, 6.45) is 4.15. The third kappa shape index (κ3) is 5.95. The average Bonchev–Trinajstić information content (AvgIpc) is 3.40. The van der Waals surface area contributed by atoms with Crippen molar-refractivity contribution >= 4 is 58.3 Å². The Morgan fingerprint density at radius 1 is 0.564 bits per heavy atom. The molecular weight excluding hydrogens is 578 g/mol. The second-order valence-corrected chi connectivity index (χ2v) is 11.1. The van der Waals surface area contributed by atoms with Crippen molar-refractivity contribution in [1.29, 1.82) is 0 Å². The first-order valence-electron chi connectivity index (χ1n) is 12.3. The van der Waals surface area contributed by atoms with Gasteiger partial charge in [-0.15, -0.1) is 0 Å². The topological polar surface area (TPSA) is 52.6 Å². The van der Waals surface area contributed by atoms with Crippen molar-refractivity contribution in [2.24, 2.45) is 0 Å². The van der Waals surface area contributed by atoms with Crippen molar-refractivity contribution in [2.75, 3.05) is 0 Å². The first-order chi connectivity index (χ1) is 18.7. The summed E-state index contributed by atoms with van der Waals surface area (Å²) < 4.78 is 11.1. The molecule has 4 aromatic rings. The first kappa shape index (κ1) is 27.5. The SMILES string of the molecule is O=C(Oc1ccc(C2(c3ccc(OC(=O)c4ccc(Cl)cc4Cl)cc3)CCCC2)cc1)c1ccc(Cl)cc1Cl. The van der Waals surface area contributed by atoms with E-state index in [1.165, 1.54) is 12.1 Å². The summed E-state index contributed by atoms with van der Waals surface area (Å²) in [5.41, 5.74) is 2.56. The van der Waals surface area contributed by atoms with Gasteiger partial charge in [0.25, 0.3) is 0 Å². The van der Waals surface area contributed by atoms with Gasteiger partial charge < -0.3 is 9.47 Å². The van der Waals surface area contributed by atoms with Crippen LogP contribution in [-0.2, 0) is 5.41 Å². The van der Waals surface area contributed by atoms with Gasteiger partial charge >= 0.3 is 11.9 Å². The summed E-state index contributed by atoms with van der Waals surface area (Å²) >= 11 is 24.1. The second kappa shape index (κ2) is 11.6. The van der Waals surface area contributed by atoms with Gasteiger partial charge in [-0.25, -0.2) is 9.59 Å². The van der Waals surface area contributed by atoms with Gasteiger partial charge in [0.15, 0.2) is 0 Å². The Kier molecular flexibility index (Phi) is 8.20. The van der Waals surface area contributed by atoms with Crippen molar-refractivity contribution in [2.45, 2.75) is 31.1 Å². The predicted octanol–water partition coefficient (Wildman–Crippen LogP) is 9.60. The number of rotatable bonds is 6. The monoisotopic (exact) mass is 598 g/mol. The fourth-order valence-corrected chi connectivity index (χ4v) is 6.01. The minimum atomic E-state index is -0.551. The molecule has 1 aliphatic carbocycles. The standard InChI is InChI=1S/C31H22Cl4O4/c32-21-7-13-25(27(34)17-21)29(36)38-23-9-3-19(4-10-23)31(15-1-2-16-31)20-5-11-24(12-6-20)39-30(37)26-14-8-22(33)18-28(26)35/h3-14,17-18H,1-2,15-16H2. The number of carbonyl (C=O) groups excluding carboxylic acids is 2. The van der Waals surface area contributed by atoms with Gasteiger partial charge in [0.05, 0.1) is 21.2 Å². The van der Waals surface area contributed by atoms with E-state index < -0.39 is 11.9 Å². The number of hydrogen-bond acceptors (Lipinski definition) is 4. The van der Waals surface area contributed by atoms with Crippen LogP contribution in [0.25, 0.3) is 0 Å². The van der Waals surface area contributed by atoms with E-state index in [4.69, 9.17) is 55.9 Å². The molecule has 1 saturated carbocycles. The van der Waals surface area contributed by atoms with Gasteiger partial charge in [-0.3, -0.25) is 0 Å². The van der Waals surface area contributed by atoms with Gasteiger partial charge in [0.2, 0.25) is 0 Å². The zero-order valence-electron chi connectivity index (χ0n) is 20.6. The van der Waals surface area contributed by atoms with Crippen molar-refractivity contribution < 1.29 is 19.1 Å². The lowest BCUT2D eigenvalue weighted by atomic mass is 9.73. The maximum atomic E-state index is 12.6. The van der Waals surface area contributed by atoms with Gasteiger partial charge in [0, 0.05) is 15.5 Å². The molecule has 39 heavy (non-hydrogen) atoms. The van der Waals surface area contributed by atoms with E-state index in [-0.39, 0.29) is 26.6 Å². The van der Waals surface area contributed by atoms with Gasteiger partial charge in [-0.1, -0.05) is 83.5 Å². The first-order valence-corrected chi connectivity index (χ1v) is 13.8. The third-order valence-corrected chi connectivity index (χ3v) is 8.09. The smallest absolute Gasteiger partial charge is 0.345 e. The van der Waals surface area contributed by atoms with Crippen LogP contribution in [0.15, 0.2) is 84.9 Å². The van der Waals surface area contributed by atoms with Crippen LogP contribution in [0.2, 0.25) is 20.1 Å². The van der Waals surface area contributed by atoms with E-state index in [1.807, 2.05) is 24.3 Å².